The Balaban J connectivity index is 1.97. The van der Waals surface area contributed by atoms with E-state index in [2.05, 4.69) is 11.2 Å². The van der Waals surface area contributed by atoms with E-state index in [1.54, 1.807) is 6.07 Å². The van der Waals surface area contributed by atoms with Crippen LogP contribution in [0, 0.1) is 26.2 Å². The summed E-state index contributed by atoms with van der Waals surface area (Å²) in [6.45, 7) is 10.0. The molecule has 1 aliphatic heterocycles. The minimum absolute atomic E-state index is 0.0812. The number of amides is 1. The highest BCUT2D eigenvalue weighted by molar-refractivity contribution is 7.89. The number of hydrogen-bond donors (Lipinski definition) is 2. The van der Waals surface area contributed by atoms with Gasteiger partial charge in [0.1, 0.15) is 5.54 Å². The molecule has 2 N–H and O–H groups in total. The van der Waals surface area contributed by atoms with Crippen molar-refractivity contribution in [1.82, 2.24) is 9.62 Å². The molecule has 0 aromatic heterocycles. The second kappa shape index (κ2) is 9.08. The maximum absolute atomic E-state index is 13.0. The molecule has 0 saturated carbocycles. The van der Waals surface area contributed by atoms with E-state index in [-0.39, 0.29) is 5.91 Å². The van der Waals surface area contributed by atoms with Crippen LogP contribution in [0.5, 0.6) is 0 Å². The van der Waals surface area contributed by atoms with Crippen molar-refractivity contribution < 1.29 is 18.1 Å². The largest absolute Gasteiger partial charge is 0.335 e. The predicted molar refractivity (Wildman–Crippen MR) is 111 cm³/mol. The Morgan fingerprint density at radius 3 is 2.36 bits per heavy atom. The molecule has 1 aliphatic rings. The standard InChI is InChI=1S/C21H31N3O3S/c1-6-21(7-2,8-3)22-20(25)16-23-11-13-24(14-12-23)28(26,27)19-10-9-17(4)15-18(19)5/h1,9-10,15H,7-8,11-14,16H2,2-5H3,(H,22,25)/p+1. The summed E-state index contributed by atoms with van der Waals surface area (Å²) in [5.41, 5.74) is 1.21. The molecule has 154 valence electrons. The van der Waals surface area contributed by atoms with E-state index in [0.717, 1.165) is 16.0 Å². The van der Waals surface area contributed by atoms with Gasteiger partial charge in [-0.3, -0.25) is 4.79 Å². The van der Waals surface area contributed by atoms with Crippen molar-refractivity contribution in [1.29, 1.82) is 0 Å². The maximum atomic E-state index is 13.0. The number of nitrogens with zero attached hydrogens (tertiary/aromatic N) is 1. The molecule has 1 aromatic rings. The Hall–Kier alpha value is -1.88. The molecule has 1 amide bonds. The Labute approximate surface area is 169 Å². The minimum Gasteiger partial charge on any atom is -0.335 e. The molecule has 28 heavy (non-hydrogen) atoms. The summed E-state index contributed by atoms with van der Waals surface area (Å²) in [4.78, 5) is 13.9. The molecule has 0 radical (unpaired) electrons. The Morgan fingerprint density at radius 2 is 1.86 bits per heavy atom. The van der Waals surface area contributed by atoms with E-state index in [1.165, 1.54) is 4.31 Å². The van der Waals surface area contributed by atoms with Crippen molar-refractivity contribution >= 4 is 15.9 Å². The molecule has 1 fully saturated rings. The lowest BCUT2D eigenvalue weighted by Crippen LogP contribution is -3.16. The number of aryl methyl sites for hydroxylation is 2. The van der Waals surface area contributed by atoms with E-state index >= 15 is 0 Å². The van der Waals surface area contributed by atoms with Gasteiger partial charge in [-0.15, -0.1) is 6.42 Å². The van der Waals surface area contributed by atoms with Crippen LogP contribution in [-0.4, -0.2) is 56.9 Å². The van der Waals surface area contributed by atoms with Crippen LogP contribution in [0.3, 0.4) is 0 Å². The molecule has 7 heteroatoms. The monoisotopic (exact) mass is 406 g/mol. The Bertz CT molecular complexity index is 846. The minimum atomic E-state index is -3.51. The third-order valence-electron chi connectivity index (χ3n) is 5.65. The first-order valence-corrected chi connectivity index (χ1v) is 11.3. The smallest absolute Gasteiger partial charge is 0.276 e. The molecular formula is C21H32N3O3S+. The second-order valence-electron chi connectivity index (χ2n) is 7.58. The topological polar surface area (TPSA) is 70.9 Å². The molecule has 0 unspecified atom stereocenters. The van der Waals surface area contributed by atoms with E-state index in [9.17, 15) is 13.2 Å². The van der Waals surface area contributed by atoms with Gasteiger partial charge in [-0.2, -0.15) is 4.31 Å². The molecule has 6 nitrogen and oxygen atoms in total. The summed E-state index contributed by atoms with van der Waals surface area (Å²) in [5.74, 6) is 2.63. The fraction of sp³-hybridized carbons (Fsp3) is 0.571. The van der Waals surface area contributed by atoms with Crippen molar-refractivity contribution in [2.75, 3.05) is 32.7 Å². The first-order valence-electron chi connectivity index (χ1n) is 9.87. The average Bonchev–Trinajstić information content (AvgIpc) is 2.66. The summed E-state index contributed by atoms with van der Waals surface area (Å²) in [6, 6.07) is 5.39. The number of benzene rings is 1. The number of carbonyl (C=O) groups excluding carboxylic acids is 1. The number of terminal acetylenes is 1. The zero-order chi connectivity index (χ0) is 20.9. The molecule has 1 aromatic carbocycles. The number of piperazine rings is 1. The lowest BCUT2D eigenvalue weighted by atomic mass is 9.94. The zero-order valence-corrected chi connectivity index (χ0v) is 18.2. The lowest BCUT2D eigenvalue weighted by molar-refractivity contribution is -0.895. The van der Waals surface area contributed by atoms with Crippen LogP contribution < -0.4 is 10.2 Å². The van der Waals surface area contributed by atoms with Gasteiger partial charge in [-0.05, 0) is 38.3 Å². The van der Waals surface area contributed by atoms with Gasteiger partial charge >= 0.3 is 0 Å². The number of rotatable bonds is 7. The van der Waals surface area contributed by atoms with Crippen LogP contribution in [0.1, 0.15) is 37.8 Å². The van der Waals surface area contributed by atoms with E-state index < -0.39 is 15.6 Å². The molecular weight excluding hydrogens is 374 g/mol. The highest BCUT2D eigenvalue weighted by atomic mass is 32.2. The van der Waals surface area contributed by atoms with Gasteiger partial charge < -0.3 is 10.2 Å². The summed E-state index contributed by atoms with van der Waals surface area (Å²) in [6.07, 6.45) is 6.98. The van der Waals surface area contributed by atoms with Gasteiger partial charge in [-0.25, -0.2) is 8.42 Å². The third kappa shape index (κ3) is 4.93. The summed E-state index contributed by atoms with van der Waals surface area (Å²) < 4.78 is 27.5. The van der Waals surface area contributed by atoms with Crippen molar-refractivity contribution in [3.05, 3.63) is 29.3 Å². The molecule has 0 spiro atoms. The highest BCUT2D eigenvalue weighted by Crippen LogP contribution is 2.21. The molecule has 1 saturated heterocycles. The summed E-state index contributed by atoms with van der Waals surface area (Å²) >= 11 is 0. The number of carbonyl (C=O) groups is 1. The van der Waals surface area contributed by atoms with E-state index in [4.69, 9.17) is 6.42 Å². The Kier molecular flexibility index (Phi) is 7.27. The Morgan fingerprint density at radius 1 is 1.25 bits per heavy atom. The molecule has 0 atom stereocenters. The number of quaternary nitrogens is 1. The van der Waals surface area contributed by atoms with Crippen LogP contribution >= 0.6 is 0 Å². The first kappa shape index (κ1) is 22.4. The van der Waals surface area contributed by atoms with Crippen LogP contribution in [0.4, 0.5) is 0 Å². The fourth-order valence-corrected chi connectivity index (χ4v) is 5.30. The van der Waals surface area contributed by atoms with Crippen LogP contribution in [0.15, 0.2) is 23.1 Å². The lowest BCUT2D eigenvalue weighted by Gasteiger charge is -2.33. The van der Waals surface area contributed by atoms with Gasteiger partial charge in [0.2, 0.25) is 10.0 Å². The van der Waals surface area contributed by atoms with Crippen LogP contribution in [0.2, 0.25) is 0 Å². The quantitative estimate of drug-likeness (QED) is 0.648. The molecule has 0 aliphatic carbocycles. The fourth-order valence-electron chi connectivity index (χ4n) is 3.65. The second-order valence-corrected chi connectivity index (χ2v) is 9.49. The normalized spacial score (nSPS) is 16.5. The summed E-state index contributed by atoms with van der Waals surface area (Å²) in [5, 5.41) is 2.98. The predicted octanol–water partition coefficient (Wildman–Crippen LogP) is 0.501. The van der Waals surface area contributed by atoms with Crippen molar-refractivity contribution in [2.45, 2.75) is 51.0 Å². The van der Waals surface area contributed by atoms with E-state index in [1.807, 2.05) is 39.8 Å². The third-order valence-corrected chi connectivity index (χ3v) is 7.71. The van der Waals surface area contributed by atoms with Gasteiger partial charge in [-0.1, -0.05) is 37.5 Å². The van der Waals surface area contributed by atoms with Gasteiger partial charge in [0.15, 0.2) is 6.54 Å². The van der Waals surface area contributed by atoms with Gasteiger partial charge in [0, 0.05) is 0 Å². The molecule has 1 heterocycles. The average molecular weight is 407 g/mol. The molecule has 2 rings (SSSR count). The van der Waals surface area contributed by atoms with Crippen molar-refractivity contribution in [3.8, 4) is 12.3 Å². The van der Waals surface area contributed by atoms with E-state index in [0.29, 0.717) is 50.5 Å². The van der Waals surface area contributed by atoms with Gasteiger partial charge in [0.05, 0.1) is 31.1 Å². The number of sulfonamides is 1. The maximum Gasteiger partial charge on any atom is 0.276 e. The van der Waals surface area contributed by atoms with Crippen molar-refractivity contribution in [3.63, 3.8) is 0 Å². The first-order chi connectivity index (χ1) is 13.2. The van der Waals surface area contributed by atoms with Crippen LogP contribution in [0.25, 0.3) is 0 Å². The summed E-state index contributed by atoms with van der Waals surface area (Å²) in [7, 11) is -3.51. The zero-order valence-electron chi connectivity index (χ0n) is 17.3. The molecule has 0 bridgehead atoms. The van der Waals surface area contributed by atoms with Crippen LogP contribution in [-0.2, 0) is 14.8 Å². The van der Waals surface area contributed by atoms with Gasteiger partial charge in [0.25, 0.3) is 5.91 Å². The number of nitrogens with one attached hydrogen (secondary N) is 2. The SMILES string of the molecule is C#CC(CC)(CC)NC(=O)C[NH+]1CCN(S(=O)(=O)c2ccc(C)cc2C)CC1. The van der Waals surface area contributed by atoms with Crippen molar-refractivity contribution in [2.24, 2.45) is 0 Å². The highest BCUT2D eigenvalue weighted by Gasteiger charge is 2.33. The number of hydrogen-bond acceptors (Lipinski definition) is 3.